The molecule has 0 aliphatic carbocycles. The summed E-state index contributed by atoms with van der Waals surface area (Å²) in [7, 11) is 0. The predicted molar refractivity (Wildman–Crippen MR) is 82.4 cm³/mol. The molecule has 0 fully saturated rings. The van der Waals surface area contributed by atoms with Gasteiger partial charge in [0, 0.05) is 17.9 Å². The van der Waals surface area contributed by atoms with Gasteiger partial charge in [0.15, 0.2) is 11.6 Å². The summed E-state index contributed by atoms with van der Waals surface area (Å²) in [6.07, 6.45) is 2.89. The number of carbonyl (C=O) groups is 1. The summed E-state index contributed by atoms with van der Waals surface area (Å²) in [6, 6.07) is 13.9. The molecule has 0 saturated heterocycles. The molecular weight excluding hydrogens is 278 g/mol. The molecule has 0 spiro atoms. The van der Waals surface area contributed by atoms with E-state index in [1.165, 1.54) is 5.56 Å². The first-order valence-electron chi connectivity index (χ1n) is 7.27. The maximum Gasteiger partial charge on any atom is 0.226 e. The van der Waals surface area contributed by atoms with Gasteiger partial charge in [-0.3, -0.25) is 9.89 Å². The Kier molecular flexibility index (Phi) is 3.04. The van der Waals surface area contributed by atoms with Gasteiger partial charge in [0.25, 0.3) is 0 Å². The summed E-state index contributed by atoms with van der Waals surface area (Å²) in [5.41, 5.74) is 3.08. The average Bonchev–Trinajstić information content (AvgIpc) is 3.16. The zero-order valence-electron chi connectivity index (χ0n) is 11.9. The molecule has 0 bridgehead atoms. The number of nitrogens with one attached hydrogen (secondary N) is 2. The Hall–Kier alpha value is -2.82. The maximum atomic E-state index is 11.9. The van der Waals surface area contributed by atoms with E-state index in [1.54, 1.807) is 6.26 Å². The molecule has 110 valence electrons. The van der Waals surface area contributed by atoms with Crippen LogP contribution in [0.4, 0.5) is 5.82 Å². The fraction of sp³-hybridized carbons (Fsp3) is 0.176. The summed E-state index contributed by atoms with van der Waals surface area (Å²) in [5.74, 6) is 1.45. The summed E-state index contributed by atoms with van der Waals surface area (Å²) in [5, 5.41) is 10.1. The van der Waals surface area contributed by atoms with Crippen LogP contribution in [0.25, 0.3) is 11.5 Å². The second-order valence-electron chi connectivity index (χ2n) is 5.48. The average molecular weight is 293 g/mol. The van der Waals surface area contributed by atoms with Gasteiger partial charge in [-0.1, -0.05) is 30.3 Å². The van der Waals surface area contributed by atoms with Gasteiger partial charge in [-0.05, 0) is 24.1 Å². The first-order valence-corrected chi connectivity index (χ1v) is 7.27. The number of nitrogens with zero attached hydrogens (tertiary/aromatic N) is 1. The number of furan rings is 1. The Balaban J connectivity index is 1.75. The highest BCUT2D eigenvalue weighted by Crippen LogP contribution is 2.39. The van der Waals surface area contributed by atoms with Crippen molar-refractivity contribution >= 4 is 11.7 Å². The fourth-order valence-corrected chi connectivity index (χ4v) is 3.03. The van der Waals surface area contributed by atoms with E-state index in [4.69, 9.17) is 4.42 Å². The molecule has 0 saturated carbocycles. The third-order valence-electron chi connectivity index (χ3n) is 3.99. The van der Waals surface area contributed by atoms with Crippen molar-refractivity contribution in [1.82, 2.24) is 10.2 Å². The van der Waals surface area contributed by atoms with Crippen LogP contribution in [0.3, 0.4) is 0 Å². The summed E-state index contributed by atoms with van der Waals surface area (Å²) in [6.45, 7) is 0. The highest BCUT2D eigenvalue weighted by Gasteiger charge is 2.31. The quantitative estimate of drug-likeness (QED) is 0.778. The van der Waals surface area contributed by atoms with E-state index in [9.17, 15) is 4.79 Å². The number of anilines is 1. The van der Waals surface area contributed by atoms with Gasteiger partial charge >= 0.3 is 0 Å². The predicted octanol–water partition coefficient (Wildman–Crippen LogP) is 3.34. The largest absolute Gasteiger partial charge is 0.463 e. The van der Waals surface area contributed by atoms with Gasteiger partial charge in [-0.25, -0.2) is 0 Å². The van der Waals surface area contributed by atoms with Gasteiger partial charge in [0.1, 0.15) is 5.69 Å². The standard InChI is InChI=1S/C17H15N3O2/c21-14-10-12(9-11-5-2-1-3-6-11)15-16(13-7-4-8-22-13)19-20-17(15)18-14/h1-8,12H,9-10H2,(H2,18,19,20,21). The van der Waals surface area contributed by atoms with E-state index in [-0.39, 0.29) is 11.8 Å². The van der Waals surface area contributed by atoms with Gasteiger partial charge in [0.05, 0.1) is 6.26 Å². The molecule has 22 heavy (non-hydrogen) atoms. The lowest BCUT2D eigenvalue weighted by Gasteiger charge is -2.22. The smallest absolute Gasteiger partial charge is 0.226 e. The summed E-state index contributed by atoms with van der Waals surface area (Å²) in [4.78, 5) is 11.9. The minimum atomic E-state index is 0.00549. The van der Waals surface area contributed by atoms with E-state index in [1.807, 2.05) is 30.3 Å². The molecule has 3 aromatic rings. The molecule has 2 aromatic heterocycles. The number of hydrogen-bond acceptors (Lipinski definition) is 3. The topological polar surface area (TPSA) is 70.9 Å². The van der Waals surface area contributed by atoms with Gasteiger partial charge < -0.3 is 9.73 Å². The van der Waals surface area contributed by atoms with Crippen molar-refractivity contribution in [2.45, 2.75) is 18.8 Å². The Morgan fingerprint density at radius 2 is 2.05 bits per heavy atom. The van der Waals surface area contributed by atoms with Crippen LogP contribution in [0.1, 0.15) is 23.5 Å². The normalized spacial score (nSPS) is 17.1. The van der Waals surface area contributed by atoms with Crippen molar-refractivity contribution in [2.75, 3.05) is 5.32 Å². The van der Waals surface area contributed by atoms with Crippen LogP contribution in [-0.2, 0) is 11.2 Å². The molecule has 1 aliphatic rings. The molecule has 3 heterocycles. The molecule has 1 amide bonds. The van der Waals surface area contributed by atoms with Crippen molar-refractivity contribution in [1.29, 1.82) is 0 Å². The fourth-order valence-electron chi connectivity index (χ4n) is 3.03. The summed E-state index contributed by atoms with van der Waals surface area (Å²) < 4.78 is 5.49. The maximum absolute atomic E-state index is 11.9. The van der Waals surface area contributed by atoms with Crippen molar-refractivity contribution < 1.29 is 9.21 Å². The zero-order chi connectivity index (χ0) is 14.9. The Bertz CT molecular complexity index is 791. The second-order valence-corrected chi connectivity index (χ2v) is 5.48. The van der Waals surface area contributed by atoms with Crippen LogP contribution >= 0.6 is 0 Å². The molecule has 2 N–H and O–H groups in total. The van der Waals surface area contributed by atoms with Crippen molar-refractivity contribution in [3.05, 3.63) is 59.9 Å². The van der Waals surface area contributed by atoms with Gasteiger partial charge in [-0.2, -0.15) is 5.10 Å². The van der Waals surface area contributed by atoms with Gasteiger partial charge in [-0.15, -0.1) is 0 Å². The van der Waals surface area contributed by atoms with E-state index in [0.717, 1.165) is 23.4 Å². The van der Waals surface area contributed by atoms with Crippen LogP contribution in [0.15, 0.2) is 53.1 Å². The molecule has 1 aliphatic heterocycles. The third-order valence-corrected chi connectivity index (χ3v) is 3.99. The number of aromatic nitrogens is 2. The third kappa shape index (κ3) is 2.20. The Morgan fingerprint density at radius 3 is 2.82 bits per heavy atom. The number of carbonyl (C=O) groups excluding carboxylic acids is 1. The van der Waals surface area contributed by atoms with E-state index in [2.05, 4.69) is 27.6 Å². The zero-order valence-corrected chi connectivity index (χ0v) is 11.9. The number of amides is 1. The molecule has 5 nitrogen and oxygen atoms in total. The number of H-pyrrole nitrogens is 1. The molecule has 4 rings (SSSR count). The van der Waals surface area contributed by atoms with E-state index < -0.39 is 0 Å². The van der Waals surface area contributed by atoms with Crippen molar-refractivity contribution in [3.63, 3.8) is 0 Å². The lowest BCUT2D eigenvalue weighted by Crippen LogP contribution is -2.23. The second kappa shape index (κ2) is 5.18. The number of benzene rings is 1. The first kappa shape index (κ1) is 12.9. The molecule has 0 radical (unpaired) electrons. The molecule has 1 aromatic carbocycles. The minimum absolute atomic E-state index is 0.00549. The lowest BCUT2D eigenvalue weighted by atomic mass is 9.86. The molecule has 1 unspecified atom stereocenters. The minimum Gasteiger partial charge on any atom is -0.463 e. The highest BCUT2D eigenvalue weighted by atomic mass is 16.3. The van der Waals surface area contributed by atoms with E-state index in [0.29, 0.717) is 12.2 Å². The van der Waals surface area contributed by atoms with Crippen molar-refractivity contribution in [2.24, 2.45) is 0 Å². The number of rotatable bonds is 3. The summed E-state index contributed by atoms with van der Waals surface area (Å²) >= 11 is 0. The monoisotopic (exact) mass is 293 g/mol. The van der Waals surface area contributed by atoms with Crippen LogP contribution < -0.4 is 5.32 Å². The number of hydrogen-bond donors (Lipinski definition) is 2. The SMILES string of the molecule is O=C1CC(Cc2ccccc2)c2c(n[nH]c2-c2ccco2)N1. The molecule has 1 atom stereocenters. The van der Waals surface area contributed by atoms with Crippen LogP contribution in [0.5, 0.6) is 0 Å². The Morgan fingerprint density at radius 1 is 1.18 bits per heavy atom. The van der Waals surface area contributed by atoms with Gasteiger partial charge in [0.2, 0.25) is 5.91 Å². The molecule has 5 heteroatoms. The first-order chi connectivity index (χ1) is 10.8. The Labute approximate surface area is 127 Å². The van der Waals surface area contributed by atoms with Crippen LogP contribution in [0.2, 0.25) is 0 Å². The molecular formula is C17H15N3O2. The lowest BCUT2D eigenvalue weighted by molar-refractivity contribution is -0.116. The van der Waals surface area contributed by atoms with Crippen LogP contribution in [0, 0.1) is 0 Å². The highest BCUT2D eigenvalue weighted by molar-refractivity contribution is 5.95. The van der Waals surface area contributed by atoms with E-state index >= 15 is 0 Å². The van der Waals surface area contributed by atoms with Crippen LogP contribution in [-0.4, -0.2) is 16.1 Å². The number of aromatic amines is 1. The number of fused-ring (bicyclic) bond motifs is 1. The van der Waals surface area contributed by atoms with Crippen molar-refractivity contribution in [3.8, 4) is 11.5 Å².